The molecule has 1 heterocycles. The fraction of sp³-hybridized carbons (Fsp3) is 0.214. The molecule has 1 atom stereocenters. The van der Waals surface area contributed by atoms with Crippen LogP contribution in [-0.2, 0) is 0 Å². The molecule has 1 aromatic heterocycles. The number of benzene rings is 1. The van der Waals surface area contributed by atoms with Crippen LogP contribution in [0.5, 0.6) is 11.6 Å². The second kappa shape index (κ2) is 5.66. The largest absolute Gasteiger partial charge is 0.438 e. The summed E-state index contributed by atoms with van der Waals surface area (Å²) in [7, 11) is 0. The van der Waals surface area contributed by atoms with Gasteiger partial charge >= 0.3 is 0 Å². The summed E-state index contributed by atoms with van der Waals surface area (Å²) in [5.41, 5.74) is 7.46. The van der Waals surface area contributed by atoms with E-state index in [-0.39, 0.29) is 11.7 Å². The molecule has 0 spiro atoms. The highest BCUT2D eigenvalue weighted by atomic mass is 16.6. The van der Waals surface area contributed by atoms with Crippen molar-refractivity contribution in [3.8, 4) is 11.6 Å². The summed E-state index contributed by atoms with van der Waals surface area (Å²) < 4.78 is 5.62. The number of nitro groups is 1. The summed E-state index contributed by atoms with van der Waals surface area (Å²) in [6.45, 7) is 3.67. The number of non-ortho nitro benzene ring substituents is 1. The molecule has 104 valence electrons. The summed E-state index contributed by atoms with van der Waals surface area (Å²) >= 11 is 0. The fourth-order valence-electron chi connectivity index (χ4n) is 1.69. The molecule has 2 aromatic rings. The third-order valence-electron chi connectivity index (χ3n) is 2.88. The van der Waals surface area contributed by atoms with Gasteiger partial charge in [-0.15, -0.1) is 0 Å². The van der Waals surface area contributed by atoms with Crippen molar-refractivity contribution in [1.82, 2.24) is 4.98 Å². The first-order valence-corrected chi connectivity index (χ1v) is 6.12. The molecule has 20 heavy (non-hydrogen) atoms. The van der Waals surface area contributed by atoms with Gasteiger partial charge in [-0.1, -0.05) is 0 Å². The number of nitrogens with two attached hydrogens (primary N) is 1. The summed E-state index contributed by atoms with van der Waals surface area (Å²) in [5, 5.41) is 10.8. The molecule has 0 bridgehead atoms. The van der Waals surface area contributed by atoms with E-state index < -0.39 is 4.92 Å². The zero-order valence-corrected chi connectivity index (χ0v) is 11.2. The lowest BCUT2D eigenvalue weighted by atomic mass is 10.1. The van der Waals surface area contributed by atoms with E-state index in [2.05, 4.69) is 4.98 Å². The summed E-state index contributed by atoms with van der Waals surface area (Å²) in [5.74, 6) is 0.775. The second-order valence-corrected chi connectivity index (χ2v) is 4.53. The maximum atomic E-state index is 10.8. The second-order valence-electron chi connectivity index (χ2n) is 4.53. The Bertz CT molecular complexity index is 641. The fourth-order valence-corrected chi connectivity index (χ4v) is 1.69. The SMILES string of the molecule is Cc1ccc([N+](=O)[O-])cc1Oc1cc([C@H](C)N)ccn1. The summed E-state index contributed by atoms with van der Waals surface area (Å²) in [6.07, 6.45) is 1.60. The van der Waals surface area contributed by atoms with Crippen molar-refractivity contribution in [3.63, 3.8) is 0 Å². The number of aryl methyl sites for hydroxylation is 1. The molecule has 2 N–H and O–H groups in total. The van der Waals surface area contributed by atoms with Crippen LogP contribution in [-0.4, -0.2) is 9.91 Å². The minimum atomic E-state index is -0.460. The summed E-state index contributed by atoms with van der Waals surface area (Å²) in [4.78, 5) is 14.4. The Morgan fingerprint density at radius 3 is 2.75 bits per heavy atom. The van der Waals surface area contributed by atoms with Gasteiger partial charge in [-0.3, -0.25) is 10.1 Å². The van der Waals surface area contributed by atoms with E-state index in [1.165, 1.54) is 12.1 Å². The number of hydrogen-bond donors (Lipinski definition) is 1. The van der Waals surface area contributed by atoms with Crippen molar-refractivity contribution in [2.24, 2.45) is 5.73 Å². The van der Waals surface area contributed by atoms with E-state index >= 15 is 0 Å². The molecule has 0 saturated carbocycles. The van der Waals surface area contributed by atoms with Crippen LogP contribution >= 0.6 is 0 Å². The Morgan fingerprint density at radius 2 is 2.10 bits per heavy atom. The maximum Gasteiger partial charge on any atom is 0.273 e. The van der Waals surface area contributed by atoms with Crippen molar-refractivity contribution >= 4 is 5.69 Å². The van der Waals surface area contributed by atoms with Crippen molar-refractivity contribution in [1.29, 1.82) is 0 Å². The summed E-state index contributed by atoms with van der Waals surface area (Å²) in [6, 6.07) is 7.86. The van der Waals surface area contributed by atoms with Crippen LogP contribution in [0.1, 0.15) is 24.1 Å². The highest BCUT2D eigenvalue weighted by Crippen LogP contribution is 2.28. The number of nitrogens with zero attached hydrogens (tertiary/aromatic N) is 2. The molecule has 0 saturated heterocycles. The van der Waals surface area contributed by atoms with Crippen molar-refractivity contribution in [2.75, 3.05) is 0 Å². The van der Waals surface area contributed by atoms with Gasteiger partial charge in [0.25, 0.3) is 5.69 Å². The van der Waals surface area contributed by atoms with Crippen LogP contribution < -0.4 is 10.5 Å². The highest BCUT2D eigenvalue weighted by molar-refractivity contribution is 5.45. The van der Waals surface area contributed by atoms with Gasteiger partial charge in [-0.2, -0.15) is 0 Å². The monoisotopic (exact) mass is 273 g/mol. The van der Waals surface area contributed by atoms with E-state index in [0.29, 0.717) is 11.6 Å². The van der Waals surface area contributed by atoms with Crippen molar-refractivity contribution < 1.29 is 9.66 Å². The van der Waals surface area contributed by atoms with Crippen molar-refractivity contribution in [3.05, 3.63) is 57.8 Å². The van der Waals surface area contributed by atoms with E-state index in [4.69, 9.17) is 10.5 Å². The normalized spacial score (nSPS) is 11.9. The van der Waals surface area contributed by atoms with E-state index in [9.17, 15) is 10.1 Å². The quantitative estimate of drug-likeness (QED) is 0.682. The van der Waals surface area contributed by atoms with Crippen LogP contribution in [0.25, 0.3) is 0 Å². The van der Waals surface area contributed by atoms with Crippen LogP contribution in [0.2, 0.25) is 0 Å². The third kappa shape index (κ3) is 3.10. The topological polar surface area (TPSA) is 91.3 Å². The van der Waals surface area contributed by atoms with E-state index in [1.807, 2.05) is 13.8 Å². The molecule has 0 aliphatic heterocycles. The Morgan fingerprint density at radius 1 is 1.35 bits per heavy atom. The molecule has 0 aliphatic carbocycles. The van der Waals surface area contributed by atoms with Crippen LogP contribution in [0.3, 0.4) is 0 Å². The Hall–Kier alpha value is -2.47. The Kier molecular flexibility index (Phi) is 3.95. The zero-order valence-electron chi connectivity index (χ0n) is 11.2. The van der Waals surface area contributed by atoms with E-state index in [1.54, 1.807) is 24.4 Å². The molecular weight excluding hydrogens is 258 g/mol. The molecule has 6 heteroatoms. The van der Waals surface area contributed by atoms with Gasteiger partial charge in [0.15, 0.2) is 0 Å². The first-order chi connectivity index (χ1) is 9.47. The maximum absolute atomic E-state index is 10.8. The number of aromatic nitrogens is 1. The lowest BCUT2D eigenvalue weighted by Gasteiger charge is -2.10. The number of nitro benzene ring substituents is 1. The predicted molar refractivity (Wildman–Crippen MR) is 74.7 cm³/mol. The van der Waals surface area contributed by atoms with Gasteiger partial charge in [0.1, 0.15) is 5.75 Å². The number of pyridine rings is 1. The lowest BCUT2D eigenvalue weighted by Crippen LogP contribution is -2.05. The molecule has 0 amide bonds. The minimum Gasteiger partial charge on any atom is -0.438 e. The van der Waals surface area contributed by atoms with Crippen molar-refractivity contribution in [2.45, 2.75) is 19.9 Å². The van der Waals surface area contributed by atoms with Gasteiger partial charge in [0.05, 0.1) is 11.0 Å². The lowest BCUT2D eigenvalue weighted by molar-refractivity contribution is -0.384. The van der Waals surface area contributed by atoms with Crippen LogP contribution in [0, 0.1) is 17.0 Å². The third-order valence-corrected chi connectivity index (χ3v) is 2.88. The van der Waals surface area contributed by atoms with E-state index in [0.717, 1.165) is 11.1 Å². The smallest absolute Gasteiger partial charge is 0.273 e. The van der Waals surface area contributed by atoms with Gasteiger partial charge in [-0.05, 0) is 37.1 Å². The standard InChI is InChI=1S/C14H15N3O3/c1-9-3-4-12(17(18)19)8-13(9)20-14-7-11(10(2)15)5-6-16-14/h3-8,10H,15H2,1-2H3/t10-/m0/s1. The molecule has 2 rings (SSSR count). The molecular formula is C14H15N3O3. The van der Waals surface area contributed by atoms with Gasteiger partial charge in [0, 0.05) is 24.4 Å². The average molecular weight is 273 g/mol. The van der Waals surface area contributed by atoms with Crippen LogP contribution in [0.15, 0.2) is 36.5 Å². The molecule has 6 nitrogen and oxygen atoms in total. The zero-order chi connectivity index (χ0) is 14.7. The number of rotatable bonds is 4. The molecule has 0 radical (unpaired) electrons. The van der Waals surface area contributed by atoms with Gasteiger partial charge in [0.2, 0.25) is 5.88 Å². The first kappa shape index (κ1) is 14.0. The Balaban J connectivity index is 2.32. The van der Waals surface area contributed by atoms with Gasteiger partial charge < -0.3 is 10.5 Å². The number of ether oxygens (including phenoxy) is 1. The predicted octanol–water partition coefficient (Wildman–Crippen LogP) is 3.11. The Labute approximate surface area is 116 Å². The van der Waals surface area contributed by atoms with Gasteiger partial charge in [-0.25, -0.2) is 4.98 Å². The molecule has 1 aromatic carbocycles. The molecule has 0 aliphatic rings. The highest BCUT2D eigenvalue weighted by Gasteiger charge is 2.11. The molecule has 0 unspecified atom stereocenters. The average Bonchev–Trinajstić information content (AvgIpc) is 2.41. The number of hydrogen-bond acceptors (Lipinski definition) is 5. The first-order valence-electron chi connectivity index (χ1n) is 6.12. The minimum absolute atomic E-state index is 0.0195. The van der Waals surface area contributed by atoms with Crippen LogP contribution in [0.4, 0.5) is 5.69 Å². The molecule has 0 fully saturated rings.